The van der Waals surface area contributed by atoms with Gasteiger partial charge < -0.3 is 4.98 Å². The van der Waals surface area contributed by atoms with Crippen LogP contribution >= 0.6 is 0 Å². The fourth-order valence-electron chi connectivity index (χ4n) is 3.48. The van der Waals surface area contributed by atoms with Crippen LogP contribution in [0.1, 0.15) is 5.56 Å². The Morgan fingerprint density at radius 2 is 1.68 bits per heavy atom. The summed E-state index contributed by atoms with van der Waals surface area (Å²) in [6.45, 7) is 2.00. The molecule has 1 aliphatic rings. The molecule has 1 fully saturated rings. The quantitative estimate of drug-likeness (QED) is 0.712. The summed E-state index contributed by atoms with van der Waals surface area (Å²) in [6.07, 6.45) is 0. The van der Waals surface area contributed by atoms with E-state index in [1.807, 2.05) is 35.2 Å². The summed E-state index contributed by atoms with van der Waals surface area (Å²) in [5.41, 5.74) is 1.57. The molecule has 0 saturated carbocycles. The van der Waals surface area contributed by atoms with E-state index in [1.165, 1.54) is 16.4 Å². The van der Waals surface area contributed by atoms with E-state index in [0.717, 1.165) is 11.0 Å². The maximum absolute atomic E-state index is 12.9. The molecule has 0 unspecified atom stereocenters. The lowest BCUT2D eigenvalue weighted by Gasteiger charge is -2.34. The summed E-state index contributed by atoms with van der Waals surface area (Å²) >= 11 is 0. The van der Waals surface area contributed by atoms with Crippen LogP contribution in [-0.2, 0) is 16.7 Å². The lowest BCUT2D eigenvalue weighted by molar-refractivity contribution is 0.152. The number of nitrogens with zero attached hydrogens (tertiary/aromatic N) is 4. The molecule has 3 aromatic rings. The number of fused-ring (bicyclic) bond motifs is 1. The van der Waals surface area contributed by atoms with Crippen molar-refractivity contribution < 1.29 is 8.42 Å². The second-order valence-corrected chi connectivity index (χ2v) is 8.55. The zero-order valence-electron chi connectivity index (χ0n) is 15.1. The summed E-state index contributed by atoms with van der Waals surface area (Å²) in [4.78, 5) is 17.1. The van der Waals surface area contributed by atoms with E-state index in [9.17, 15) is 18.5 Å². The van der Waals surface area contributed by atoms with Gasteiger partial charge in [-0.3, -0.25) is 9.47 Å². The van der Waals surface area contributed by atoms with Crippen LogP contribution in [0.5, 0.6) is 0 Å². The van der Waals surface area contributed by atoms with Crippen LogP contribution in [0.3, 0.4) is 0 Å². The SMILES string of the molecule is N#Cc1ccccc1S(=O)(=O)N1CCN(Cn2c(=O)[nH]c3ccccc32)CC1. The maximum atomic E-state index is 12.9. The smallest absolute Gasteiger partial charge is 0.306 e. The molecule has 1 aliphatic heterocycles. The Kier molecular flexibility index (Phi) is 4.77. The van der Waals surface area contributed by atoms with Crippen molar-refractivity contribution in [3.8, 4) is 6.07 Å². The zero-order valence-corrected chi connectivity index (χ0v) is 15.9. The van der Waals surface area contributed by atoms with Crippen LogP contribution in [0.2, 0.25) is 0 Å². The number of nitrogens with one attached hydrogen (secondary N) is 1. The van der Waals surface area contributed by atoms with Gasteiger partial charge in [0.2, 0.25) is 10.0 Å². The molecule has 0 bridgehead atoms. The Morgan fingerprint density at radius 1 is 1.00 bits per heavy atom. The standard InChI is InChI=1S/C19H19N5O3S/c20-13-15-5-1-4-8-18(15)28(26,27)23-11-9-22(10-12-23)14-24-17-7-3-2-6-16(17)21-19(24)25/h1-8H,9-12,14H2,(H,21,25). The van der Waals surface area contributed by atoms with Gasteiger partial charge in [-0.05, 0) is 24.3 Å². The number of imidazole rings is 1. The van der Waals surface area contributed by atoms with Gasteiger partial charge in [-0.2, -0.15) is 9.57 Å². The molecule has 1 N–H and O–H groups in total. The number of hydrogen-bond donors (Lipinski definition) is 1. The molecular formula is C19H19N5O3S. The van der Waals surface area contributed by atoms with Crippen LogP contribution in [0, 0.1) is 11.3 Å². The monoisotopic (exact) mass is 397 g/mol. The highest BCUT2D eigenvalue weighted by Gasteiger charge is 2.30. The minimum atomic E-state index is -3.72. The molecule has 28 heavy (non-hydrogen) atoms. The van der Waals surface area contributed by atoms with Crippen molar-refractivity contribution in [2.45, 2.75) is 11.6 Å². The molecule has 2 aromatic carbocycles. The van der Waals surface area contributed by atoms with Crippen LogP contribution < -0.4 is 5.69 Å². The lowest BCUT2D eigenvalue weighted by atomic mass is 10.2. The second-order valence-electron chi connectivity index (χ2n) is 6.65. The van der Waals surface area contributed by atoms with Gasteiger partial charge in [0.1, 0.15) is 6.07 Å². The van der Waals surface area contributed by atoms with E-state index in [4.69, 9.17) is 0 Å². The predicted molar refractivity (Wildman–Crippen MR) is 104 cm³/mol. The second kappa shape index (κ2) is 7.24. The van der Waals surface area contributed by atoms with Gasteiger partial charge in [0.05, 0.1) is 28.2 Å². The van der Waals surface area contributed by atoms with E-state index in [1.54, 1.807) is 16.7 Å². The van der Waals surface area contributed by atoms with Gasteiger partial charge in [-0.15, -0.1) is 0 Å². The van der Waals surface area contributed by atoms with Crippen LogP contribution in [-0.4, -0.2) is 53.4 Å². The molecule has 0 amide bonds. The topological polar surface area (TPSA) is 102 Å². The fourth-order valence-corrected chi connectivity index (χ4v) is 5.05. The average Bonchev–Trinajstić information content (AvgIpc) is 3.03. The highest BCUT2D eigenvalue weighted by molar-refractivity contribution is 7.89. The number of piperazine rings is 1. The average molecular weight is 397 g/mol. The van der Waals surface area contributed by atoms with Crippen molar-refractivity contribution in [1.82, 2.24) is 18.8 Å². The van der Waals surface area contributed by atoms with Gasteiger partial charge in [0.15, 0.2) is 0 Å². The van der Waals surface area contributed by atoms with Crippen molar-refractivity contribution in [2.24, 2.45) is 0 Å². The molecule has 8 nitrogen and oxygen atoms in total. The molecule has 0 atom stereocenters. The van der Waals surface area contributed by atoms with Crippen molar-refractivity contribution in [1.29, 1.82) is 5.26 Å². The first-order chi connectivity index (χ1) is 13.5. The number of benzene rings is 2. The van der Waals surface area contributed by atoms with E-state index < -0.39 is 10.0 Å². The summed E-state index contributed by atoms with van der Waals surface area (Å²) < 4.78 is 28.9. The number of rotatable bonds is 4. The minimum absolute atomic E-state index is 0.0406. The predicted octanol–water partition coefficient (Wildman–Crippen LogP) is 1.17. The third kappa shape index (κ3) is 3.22. The number of aromatic amines is 1. The first-order valence-corrected chi connectivity index (χ1v) is 10.3. The van der Waals surface area contributed by atoms with E-state index in [0.29, 0.717) is 32.8 Å². The number of H-pyrrole nitrogens is 1. The maximum Gasteiger partial charge on any atom is 0.327 e. The summed E-state index contributed by atoms with van der Waals surface area (Å²) in [5.74, 6) is 0. The Hall–Kier alpha value is -2.93. The van der Waals surface area contributed by atoms with Gasteiger partial charge in [0, 0.05) is 26.2 Å². The third-order valence-corrected chi connectivity index (χ3v) is 6.94. The Balaban J connectivity index is 1.50. The third-order valence-electron chi connectivity index (χ3n) is 4.98. The minimum Gasteiger partial charge on any atom is -0.306 e. The molecule has 144 valence electrons. The van der Waals surface area contributed by atoms with E-state index in [-0.39, 0.29) is 16.1 Å². The van der Waals surface area contributed by atoms with Gasteiger partial charge in [-0.1, -0.05) is 24.3 Å². The molecule has 1 saturated heterocycles. The van der Waals surface area contributed by atoms with Crippen LogP contribution in [0.25, 0.3) is 11.0 Å². The first-order valence-electron chi connectivity index (χ1n) is 8.90. The molecule has 0 radical (unpaired) electrons. The molecule has 0 spiro atoms. The van der Waals surface area contributed by atoms with E-state index in [2.05, 4.69) is 4.98 Å². The molecule has 0 aliphatic carbocycles. The van der Waals surface area contributed by atoms with Crippen molar-refractivity contribution in [3.05, 3.63) is 64.6 Å². The largest absolute Gasteiger partial charge is 0.327 e. The Bertz CT molecular complexity index is 1210. The first kappa shape index (κ1) is 18.4. The van der Waals surface area contributed by atoms with Crippen molar-refractivity contribution >= 4 is 21.1 Å². The number of hydrogen-bond acceptors (Lipinski definition) is 5. The normalized spacial score (nSPS) is 16.2. The molecule has 9 heteroatoms. The van der Waals surface area contributed by atoms with Crippen LogP contribution in [0.15, 0.2) is 58.2 Å². The number of para-hydroxylation sites is 2. The number of nitriles is 1. The van der Waals surface area contributed by atoms with Crippen molar-refractivity contribution in [2.75, 3.05) is 26.2 Å². The van der Waals surface area contributed by atoms with E-state index >= 15 is 0 Å². The zero-order chi connectivity index (χ0) is 19.7. The highest BCUT2D eigenvalue weighted by atomic mass is 32.2. The highest BCUT2D eigenvalue weighted by Crippen LogP contribution is 2.21. The van der Waals surface area contributed by atoms with Crippen LogP contribution in [0.4, 0.5) is 0 Å². The van der Waals surface area contributed by atoms with Crippen molar-refractivity contribution in [3.63, 3.8) is 0 Å². The van der Waals surface area contributed by atoms with Gasteiger partial charge in [0.25, 0.3) is 0 Å². The lowest BCUT2D eigenvalue weighted by Crippen LogP contribution is -2.49. The Labute approximate surface area is 162 Å². The summed E-state index contributed by atoms with van der Waals surface area (Å²) in [6, 6.07) is 15.7. The molecule has 4 rings (SSSR count). The van der Waals surface area contributed by atoms with Gasteiger partial charge >= 0.3 is 5.69 Å². The number of sulfonamides is 1. The Morgan fingerprint density at radius 3 is 2.43 bits per heavy atom. The summed E-state index contributed by atoms with van der Waals surface area (Å²) in [7, 11) is -3.72. The number of aromatic nitrogens is 2. The summed E-state index contributed by atoms with van der Waals surface area (Å²) in [5, 5.41) is 9.20. The fraction of sp³-hybridized carbons (Fsp3) is 0.263. The molecule has 1 aromatic heterocycles. The molecular weight excluding hydrogens is 378 g/mol. The molecule has 2 heterocycles. The van der Waals surface area contributed by atoms with Gasteiger partial charge in [-0.25, -0.2) is 13.2 Å².